The zero-order valence-corrected chi connectivity index (χ0v) is 13.0. The van der Waals surface area contributed by atoms with Crippen molar-refractivity contribution in [2.24, 2.45) is 5.92 Å². The lowest BCUT2D eigenvalue weighted by atomic mass is 10.1. The van der Waals surface area contributed by atoms with Gasteiger partial charge < -0.3 is 15.1 Å². The highest BCUT2D eigenvalue weighted by atomic mass is 32.1. The van der Waals surface area contributed by atoms with Crippen molar-refractivity contribution in [2.75, 3.05) is 36.9 Å². The fourth-order valence-electron chi connectivity index (χ4n) is 2.82. The molecule has 2 amide bonds. The molecule has 21 heavy (non-hydrogen) atoms. The summed E-state index contributed by atoms with van der Waals surface area (Å²) < 4.78 is 0. The van der Waals surface area contributed by atoms with Gasteiger partial charge in [-0.15, -0.1) is 11.3 Å². The summed E-state index contributed by atoms with van der Waals surface area (Å²) in [6, 6.07) is 0. The fraction of sp³-hybridized carbons (Fsp3) is 0.643. The third-order valence-corrected chi connectivity index (χ3v) is 4.98. The number of likely N-dealkylation sites (tertiary alicyclic amines) is 1. The molecule has 2 aliphatic heterocycles. The maximum atomic E-state index is 12.2. The average molecular weight is 308 g/mol. The first-order valence-electron chi connectivity index (χ1n) is 7.39. The van der Waals surface area contributed by atoms with Gasteiger partial charge in [-0.1, -0.05) is 0 Å². The molecule has 114 valence electrons. The van der Waals surface area contributed by atoms with Crippen molar-refractivity contribution in [2.45, 2.75) is 25.7 Å². The van der Waals surface area contributed by atoms with Gasteiger partial charge in [-0.2, -0.15) is 0 Å². The molecular formula is C14H20N4O2S. The van der Waals surface area contributed by atoms with Crippen molar-refractivity contribution >= 4 is 34.1 Å². The summed E-state index contributed by atoms with van der Waals surface area (Å²) in [4.78, 5) is 32.0. The van der Waals surface area contributed by atoms with Crippen molar-refractivity contribution in [3.05, 3.63) is 5.38 Å². The van der Waals surface area contributed by atoms with Gasteiger partial charge in [-0.05, 0) is 19.3 Å². The minimum absolute atomic E-state index is 0.0300. The quantitative estimate of drug-likeness (QED) is 0.920. The van der Waals surface area contributed by atoms with E-state index in [1.807, 2.05) is 5.38 Å². The van der Waals surface area contributed by atoms with E-state index in [-0.39, 0.29) is 17.7 Å². The van der Waals surface area contributed by atoms with Crippen LogP contribution < -0.4 is 10.2 Å². The summed E-state index contributed by atoms with van der Waals surface area (Å²) in [5, 5.41) is 5.69. The van der Waals surface area contributed by atoms with Gasteiger partial charge in [-0.3, -0.25) is 9.59 Å². The monoisotopic (exact) mass is 308 g/mol. The van der Waals surface area contributed by atoms with Crippen molar-refractivity contribution in [3.63, 3.8) is 0 Å². The van der Waals surface area contributed by atoms with Crippen LogP contribution in [0.4, 0.5) is 10.9 Å². The molecule has 0 aliphatic carbocycles. The molecule has 0 spiro atoms. The van der Waals surface area contributed by atoms with Crippen LogP contribution in [0.1, 0.15) is 25.7 Å². The van der Waals surface area contributed by atoms with Crippen LogP contribution in [0.5, 0.6) is 0 Å². The molecule has 6 nitrogen and oxygen atoms in total. The Morgan fingerprint density at radius 1 is 1.38 bits per heavy atom. The molecule has 1 atom stereocenters. The van der Waals surface area contributed by atoms with Crippen molar-refractivity contribution in [1.82, 2.24) is 9.88 Å². The SMILES string of the molecule is CN1C[C@@H](C(=O)Nc2csc(N3CCCCC3)n2)CC1=O. The highest BCUT2D eigenvalue weighted by Gasteiger charge is 2.32. The lowest BCUT2D eigenvalue weighted by molar-refractivity contribution is -0.127. The van der Waals surface area contributed by atoms with E-state index in [1.54, 1.807) is 23.3 Å². The lowest BCUT2D eigenvalue weighted by Crippen LogP contribution is -2.29. The molecule has 1 aromatic rings. The summed E-state index contributed by atoms with van der Waals surface area (Å²) in [6.07, 6.45) is 4.00. The van der Waals surface area contributed by atoms with Gasteiger partial charge in [0.05, 0.1) is 5.92 Å². The van der Waals surface area contributed by atoms with Crippen LogP contribution in [0.15, 0.2) is 5.38 Å². The molecule has 7 heteroatoms. The van der Waals surface area contributed by atoms with Gasteiger partial charge >= 0.3 is 0 Å². The first-order valence-corrected chi connectivity index (χ1v) is 8.27. The van der Waals surface area contributed by atoms with Gasteiger partial charge in [0.2, 0.25) is 11.8 Å². The minimum Gasteiger partial charge on any atom is -0.348 e. The Bertz CT molecular complexity index is 539. The van der Waals surface area contributed by atoms with Crippen LogP contribution in [0.25, 0.3) is 0 Å². The number of piperidine rings is 1. The Labute approximate surface area is 128 Å². The molecule has 1 aromatic heterocycles. The Hall–Kier alpha value is -1.63. The van der Waals surface area contributed by atoms with Crippen LogP contribution in [0, 0.1) is 5.92 Å². The standard InChI is InChI=1S/C14H20N4O2S/c1-17-8-10(7-12(17)19)13(20)15-11-9-21-14(16-11)18-5-3-2-4-6-18/h9-10H,2-8H2,1H3,(H,15,20)/t10-/m0/s1. The van der Waals surface area contributed by atoms with E-state index in [1.165, 1.54) is 19.3 Å². The van der Waals surface area contributed by atoms with Gasteiger partial charge in [0, 0.05) is 38.5 Å². The van der Waals surface area contributed by atoms with E-state index in [9.17, 15) is 9.59 Å². The second kappa shape index (κ2) is 6.01. The van der Waals surface area contributed by atoms with Crippen LogP contribution in [0.3, 0.4) is 0 Å². The van der Waals surface area contributed by atoms with E-state index in [4.69, 9.17) is 0 Å². The molecule has 2 fully saturated rings. The molecule has 0 bridgehead atoms. The van der Waals surface area contributed by atoms with E-state index in [2.05, 4.69) is 15.2 Å². The molecular weight excluding hydrogens is 288 g/mol. The van der Waals surface area contributed by atoms with E-state index in [0.29, 0.717) is 18.8 Å². The summed E-state index contributed by atoms with van der Waals surface area (Å²) in [5.74, 6) is 0.265. The zero-order chi connectivity index (χ0) is 14.8. The van der Waals surface area contributed by atoms with Crippen LogP contribution in [0.2, 0.25) is 0 Å². The fourth-order valence-corrected chi connectivity index (χ4v) is 3.63. The number of aromatic nitrogens is 1. The topological polar surface area (TPSA) is 65.5 Å². The molecule has 3 heterocycles. The van der Waals surface area contributed by atoms with Crippen LogP contribution in [-0.2, 0) is 9.59 Å². The predicted molar refractivity (Wildman–Crippen MR) is 82.6 cm³/mol. The Morgan fingerprint density at radius 2 is 2.14 bits per heavy atom. The number of nitrogens with zero attached hydrogens (tertiary/aromatic N) is 3. The third-order valence-electron chi connectivity index (χ3n) is 4.08. The van der Waals surface area contributed by atoms with Gasteiger partial charge in [0.25, 0.3) is 0 Å². The van der Waals surface area contributed by atoms with Gasteiger partial charge in [0.1, 0.15) is 5.82 Å². The molecule has 1 N–H and O–H groups in total. The van der Waals surface area contributed by atoms with Crippen molar-refractivity contribution in [3.8, 4) is 0 Å². The Kier molecular flexibility index (Phi) is 4.10. The van der Waals surface area contributed by atoms with E-state index < -0.39 is 0 Å². The molecule has 0 aromatic carbocycles. The highest BCUT2D eigenvalue weighted by Crippen LogP contribution is 2.27. The number of carbonyl (C=O) groups excluding carboxylic acids is 2. The largest absolute Gasteiger partial charge is 0.348 e. The molecule has 3 rings (SSSR count). The number of amides is 2. The normalized spacial score (nSPS) is 22.7. The Balaban J connectivity index is 1.59. The number of carbonyl (C=O) groups is 2. The molecule has 0 unspecified atom stereocenters. The number of thiazole rings is 1. The first-order chi connectivity index (χ1) is 10.1. The lowest BCUT2D eigenvalue weighted by Gasteiger charge is -2.25. The second-order valence-electron chi connectivity index (χ2n) is 5.73. The van der Waals surface area contributed by atoms with Crippen LogP contribution in [-0.4, -0.2) is 48.4 Å². The minimum atomic E-state index is -0.261. The van der Waals surface area contributed by atoms with Gasteiger partial charge in [0.15, 0.2) is 5.13 Å². The Morgan fingerprint density at radius 3 is 2.81 bits per heavy atom. The predicted octanol–water partition coefficient (Wildman–Crippen LogP) is 1.55. The molecule has 0 radical (unpaired) electrons. The second-order valence-corrected chi connectivity index (χ2v) is 6.56. The number of hydrogen-bond donors (Lipinski definition) is 1. The molecule has 2 aliphatic rings. The van der Waals surface area contributed by atoms with Gasteiger partial charge in [-0.25, -0.2) is 4.98 Å². The van der Waals surface area contributed by atoms with Crippen molar-refractivity contribution < 1.29 is 9.59 Å². The zero-order valence-electron chi connectivity index (χ0n) is 12.2. The molecule has 2 saturated heterocycles. The third kappa shape index (κ3) is 3.18. The number of nitrogens with one attached hydrogen (secondary N) is 1. The summed E-state index contributed by atoms with van der Waals surface area (Å²) in [7, 11) is 1.73. The smallest absolute Gasteiger partial charge is 0.230 e. The maximum Gasteiger partial charge on any atom is 0.230 e. The highest BCUT2D eigenvalue weighted by molar-refractivity contribution is 7.14. The number of rotatable bonds is 3. The van der Waals surface area contributed by atoms with Crippen LogP contribution >= 0.6 is 11.3 Å². The van der Waals surface area contributed by atoms with E-state index >= 15 is 0 Å². The summed E-state index contributed by atoms with van der Waals surface area (Å²) in [5.41, 5.74) is 0. The average Bonchev–Trinajstić information content (AvgIpc) is 3.08. The first kappa shape index (κ1) is 14.3. The van der Waals surface area contributed by atoms with Crippen molar-refractivity contribution in [1.29, 1.82) is 0 Å². The summed E-state index contributed by atoms with van der Waals surface area (Å²) >= 11 is 1.56. The molecule has 0 saturated carbocycles. The maximum absolute atomic E-state index is 12.2. The number of anilines is 2. The number of hydrogen-bond acceptors (Lipinski definition) is 5. The van der Waals surface area contributed by atoms with E-state index in [0.717, 1.165) is 18.2 Å². The summed E-state index contributed by atoms with van der Waals surface area (Å²) in [6.45, 7) is 2.58.